The molecule has 1 amide bonds. The van der Waals surface area contributed by atoms with Gasteiger partial charge in [0.25, 0.3) is 15.9 Å². The van der Waals surface area contributed by atoms with E-state index in [0.717, 1.165) is 5.56 Å². The molecule has 144 valence electrons. The molecule has 0 saturated carbocycles. The average Bonchev–Trinajstić information content (AvgIpc) is 2.61. The molecule has 0 atom stereocenters. The van der Waals surface area contributed by atoms with Crippen molar-refractivity contribution in [3.8, 4) is 0 Å². The number of amides is 1. The maximum atomic E-state index is 12.7. The lowest BCUT2D eigenvalue weighted by Crippen LogP contribution is -2.29. The van der Waals surface area contributed by atoms with Crippen molar-refractivity contribution in [3.05, 3.63) is 59.2 Å². The Kier molecular flexibility index (Phi) is 6.22. The number of hydrogen-bond acceptors (Lipinski definition) is 4. The highest BCUT2D eigenvalue weighted by atomic mass is 32.2. The summed E-state index contributed by atoms with van der Waals surface area (Å²) in [5.74, 6) is -1.44. The standard InChI is InChI=1S/C19H22N2O5S/c1-13-8-9-15(12-16(13)19(24)21(3)11-10-18(22)23)27(25,26)20-17-7-5-4-6-14(17)2/h4-9,12,20H,10-11H2,1-3H3,(H,22,23). The monoisotopic (exact) mass is 390 g/mol. The number of carbonyl (C=O) groups excluding carboxylic acids is 1. The van der Waals surface area contributed by atoms with Gasteiger partial charge < -0.3 is 10.0 Å². The van der Waals surface area contributed by atoms with Gasteiger partial charge >= 0.3 is 5.97 Å². The van der Waals surface area contributed by atoms with Crippen molar-refractivity contribution in [2.24, 2.45) is 0 Å². The van der Waals surface area contributed by atoms with Crippen LogP contribution >= 0.6 is 0 Å². The highest BCUT2D eigenvalue weighted by Gasteiger charge is 2.21. The molecule has 27 heavy (non-hydrogen) atoms. The Morgan fingerprint density at radius 1 is 1.07 bits per heavy atom. The largest absolute Gasteiger partial charge is 0.481 e. The molecule has 0 spiro atoms. The normalized spacial score (nSPS) is 11.1. The van der Waals surface area contributed by atoms with Crippen LogP contribution in [0.2, 0.25) is 0 Å². The molecule has 0 aliphatic carbocycles. The molecule has 2 rings (SSSR count). The molecular weight excluding hydrogens is 368 g/mol. The van der Waals surface area contributed by atoms with Gasteiger partial charge in [-0.15, -0.1) is 0 Å². The summed E-state index contributed by atoms with van der Waals surface area (Å²) in [4.78, 5) is 24.5. The molecule has 0 saturated heterocycles. The third-order valence-electron chi connectivity index (χ3n) is 4.15. The zero-order chi connectivity index (χ0) is 20.2. The van der Waals surface area contributed by atoms with E-state index in [0.29, 0.717) is 11.3 Å². The van der Waals surface area contributed by atoms with Crippen LogP contribution in [-0.4, -0.2) is 43.9 Å². The molecule has 0 bridgehead atoms. The van der Waals surface area contributed by atoms with Crippen molar-refractivity contribution in [3.63, 3.8) is 0 Å². The van der Waals surface area contributed by atoms with Crippen LogP contribution in [0.3, 0.4) is 0 Å². The van der Waals surface area contributed by atoms with Crippen molar-refractivity contribution in [2.75, 3.05) is 18.3 Å². The van der Waals surface area contributed by atoms with Gasteiger partial charge in [-0.1, -0.05) is 24.3 Å². The van der Waals surface area contributed by atoms with Crippen molar-refractivity contribution in [1.29, 1.82) is 0 Å². The molecule has 0 aliphatic heterocycles. The summed E-state index contributed by atoms with van der Waals surface area (Å²) in [5.41, 5.74) is 2.06. The predicted octanol–water partition coefficient (Wildman–Crippen LogP) is 2.65. The zero-order valence-corrected chi connectivity index (χ0v) is 16.2. The van der Waals surface area contributed by atoms with E-state index in [9.17, 15) is 18.0 Å². The first kappa shape index (κ1) is 20.4. The lowest BCUT2D eigenvalue weighted by atomic mass is 10.1. The summed E-state index contributed by atoms with van der Waals surface area (Å²) < 4.78 is 27.9. The van der Waals surface area contributed by atoms with E-state index in [2.05, 4.69) is 4.72 Å². The zero-order valence-electron chi connectivity index (χ0n) is 15.4. The van der Waals surface area contributed by atoms with Crippen LogP contribution < -0.4 is 4.72 Å². The summed E-state index contributed by atoms with van der Waals surface area (Å²) in [5, 5.41) is 8.76. The molecule has 0 radical (unpaired) electrons. The van der Waals surface area contributed by atoms with Crippen LogP contribution in [-0.2, 0) is 14.8 Å². The minimum Gasteiger partial charge on any atom is -0.481 e. The quantitative estimate of drug-likeness (QED) is 0.756. The van der Waals surface area contributed by atoms with E-state index in [-0.39, 0.29) is 23.4 Å². The molecule has 0 heterocycles. The van der Waals surface area contributed by atoms with Crippen LogP contribution in [0.4, 0.5) is 5.69 Å². The lowest BCUT2D eigenvalue weighted by molar-refractivity contribution is -0.137. The van der Waals surface area contributed by atoms with Crippen LogP contribution in [0, 0.1) is 13.8 Å². The van der Waals surface area contributed by atoms with E-state index in [1.165, 1.54) is 24.1 Å². The van der Waals surface area contributed by atoms with Gasteiger partial charge in [-0.05, 0) is 43.2 Å². The number of nitrogens with zero attached hydrogens (tertiary/aromatic N) is 1. The second-order valence-electron chi connectivity index (χ2n) is 6.27. The van der Waals surface area contributed by atoms with Crippen LogP contribution in [0.1, 0.15) is 27.9 Å². The smallest absolute Gasteiger partial charge is 0.305 e. The fraction of sp³-hybridized carbons (Fsp3) is 0.263. The Bertz CT molecular complexity index is 970. The topological polar surface area (TPSA) is 104 Å². The fourth-order valence-electron chi connectivity index (χ4n) is 2.46. The Hall–Kier alpha value is -2.87. The number of benzene rings is 2. The number of carboxylic acids is 1. The van der Waals surface area contributed by atoms with Crippen molar-refractivity contribution in [2.45, 2.75) is 25.2 Å². The Labute approximate surface area is 158 Å². The Morgan fingerprint density at radius 2 is 1.74 bits per heavy atom. The molecule has 0 aromatic heterocycles. The van der Waals surface area contributed by atoms with Gasteiger partial charge in [0.05, 0.1) is 17.0 Å². The number of rotatable bonds is 7. The second-order valence-corrected chi connectivity index (χ2v) is 7.95. The van der Waals surface area contributed by atoms with Gasteiger partial charge in [0.1, 0.15) is 0 Å². The molecule has 2 aromatic carbocycles. The van der Waals surface area contributed by atoms with E-state index in [1.54, 1.807) is 38.1 Å². The van der Waals surface area contributed by atoms with E-state index >= 15 is 0 Å². The second kappa shape index (κ2) is 8.22. The van der Waals surface area contributed by atoms with Gasteiger partial charge in [-0.2, -0.15) is 0 Å². The third kappa shape index (κ3) is 5.07. The van der Waals surface area contributed by atoms with E-state index in [1.807, 2.05) is 6.07 Å². The van der Waals surface area contributed by atoms with Gasteiger partial charge in [-0.3, -0.25) is 14.3 Å². The van der Waals surface area contributed by atoms with E-state index in [4.69, 9.17) is 5.11 Å². The predicted molar refractivity (Wildman–Crippen MR) is 102 cm³/mol. The highest BCUT2D eigenvalue weighted by Crippen LogP contribution is 2.22. The van der Waals surface area contributed by atoms with Gasteiger partial charge in [0.2, 0.25) is 0 Å². The first-order chi connectivity index (χ1) is 12.6. The first-order valence-electron chi connectivity index (χ1n) is 8.28. The van der Waals surface area contributed by atoms with Crippen molar-refractivity contribution < 1.29 is 23.1 Å². The number of aliphatic carboxylic acids is 1. The number of anilines is 1. The molecular formula is C19H22N2O5S. The van der Waals surface area contributed by atoms with Crippen LogP contribution in [0.15, 0.2) is 47.4 Å². The summed E-state index contributed by atoms with van der Waals surface area (Å²) in [7, 11) is -2.39. The minimum atomic E-state index is -3.87. The molecule has 7 nitrogen and oxygen atoms in total. The molecule has 2 N–H and O–H groups in total. The minimum absolute atomic E-state index is 0.0338. The van der Waals surface area contributed by atoms with E-state index < -0.39 is 21.9 Å². The lowest BCUT2D eigenvalue weighted by Gasteiger charge is -2.18. The number of hydrogen-bond donors (Lipinski definition) is 2. The number of carboxylic acid groups (broad SMARTS) is 1. The molecule has 2 aromatic rings. The average molecular weight is 390 g/mol. The summed E-state index contributed by atoms with van der Waals surface area (Å²) >= 11 is 0. The maximum absolute atomic E-state index is 12.7. The van der Waals surface area contributed by atoms with Gasteiger partial charge in [0, 0.05) is 19.2 Å². The van der Waals surface area contributed by atoms with Crippen LogP contribution in [0.5, 0.6) is 0 Å². The number of aryl methyl sites for hydroxylation is 2. The summed E-state index contributed by atoms with van der Waals surface area (Å²) in [6.45, 7) is 3.52. The van der Waals surface area contributed by atoms with Gasteiger partial charge in [0.15, 0.2) is 0 Å². The highest BCUT2D eigenvalue weighted by molar-refractivity contribution is 7.92. The van der Waals surface area contributed by atoms with Crippen molar-refractivity contribution in [1.82, 2.24) is 4.90 Å². The van der Waals surface area contributed by atoms with Gasteiger partial charge in [-0.25, -0.2) is 8.42 Å². The van der Waals surface area contributed by atoms with Crippen molar-refractivity contribution >= 4 is 27.6 Å². The number of nitrogens with one attached hydrogen (secondary N) is 1. The fourth-order valence-corrected chi connectivity index (χ4v) is 3.62. The Balaban J connectivity index is 2.31. The Morgan fingerprint density at radius 3 is 2.37 bits per heavy atom. The first-order valence-corrected chi connectivity index (χ1v) is 9.76. The molecule has 0 unspecified atom stereocenters. The number of sulfonamides is 1. The maximum Gasteiger partial charge on any atom is 0.305 e. The van der Waals surface area contributed by atoms with Crippen LogP contribution in [0.25, 0.3) is 0 Å². The summed E-state index contributed by atoms with van der Waals surface area (Å²) in [6, 6.07) is 11.3. The molecule has 0 aliphatic rings. The SMILES string of the molecule is Cc1ccccc1NS(=O)(=O)c1ccc(C)c(C(=O)N(C)CCC(=O)O)c1. The molecule has 8 heteroatoms. The molecule has 0 fully saturated rings. The number of para-hydroxylation sites is 1. The number of carbonyl (C=O) groups is 2. The summed E-state index contributed by atoms with van der Waals surface area (Å²) in [6.07, 6.45) is -0.186. The third-order valence-corrected chi connectivity index (χ3v) is 5.51.